The number of hydrogen-bond donors (Lipinski definition) is 2. The van der Waals surface area contributed by atoms with E-state index >= 15 is 0 Å². The van der Waals surface area contributed by atoms with Crippen molar-refractivity contribution < 1.29 is 9.84 Å². The molecule has 1 aromatic carbocycles. The second-order valence-corrected chi connectivity index (χ2v) is 4.68. The van der Waals surface area contributed by atoms with Crippen LogP contribution in [0.2, 0.25) is 0 Å². The summed E-state index contributed by atoms with van der Waals surface area (Å²) in [7, 11) is 0. The normalized spacial score (nSPS) is 16.8. The third-order valence-corrected chi connectivity index (χ3v) is 3.47. The van der Waals surface area contributed by atoms with Crippen LogP contribution < -0.4 is 11.2 Å². The Morgan fingerprint density at radius 2 is 2.00 bits per heavy atom. The van der Waals surface area contributed by atoms with Gasteiger partial charge in [-0.3, -0.25) is 9.36 Å². The van der Waals surface area contributed by atoms with Crippen LogP contribution in [0, 0.1) is 0 Å². The Hall–Kier alpha value is -2.08. The van der Waals surface area contributed by atoms with Crippen LogP contribution in [0.1, 0.15) is 18.9 Å². The molecular formula is C13H14N2O4. The number of fused-ring (bicyclic) bond motifs is 1. The number of H-pyrrole nitrogens is 1. The van der Waals surface area contributed by atoms with Gasteiger partial charge in [-0.1, -0.05) is 0 Å². The molecule has 1 aromatic heterocycles. The van der Waals surface area contributed by atoms with E-state index in [4.69, 9.17) is 4.74 Å². The van der Waals surface area contributed by atoms with Gasteiger partial charge in [0.1, 0.15) is 5.75 Å². The summed E-state index contributed by atoms with van der Waals surface area (Å²) in [4.78, 5) is 27.1. The molecule has 0 bridgehead atoms. The van der Waals surface area contributed by atoms with Crippen molar-refractivity contribution in [2.24, 2.45) is 0 Å². The van der Waals surface area contributed by atoms with E-state index in [1.54, 1.807) is 0 Å². The van der Waals surface area contributed by atoms with Gasteiger partial charge in [-0.15, -0.1) is 0 Å². The first-order valence-corrected chi connectivity index (χ1v) is 6.22. The van der Waals surface area contributed by atoms with Crippen molar-refractivity contribution in [2.75, 3.05) is 13.2 Å². The van der Waals surface area contributed by atoms with Crippen molar-refractivity contribution >= 4 is 10.9 Å². The zero-order valence-corrected chi connectivity index (χ0v) is 10.3. The summed E-state index contributed by atoms with van der Waals surface area (Å²) >= 11 is 0. The molecule has 0 spiro atoms. The second-order valence-electron chi connectivity index (χ2n) is 4.68. The van der Waals surface area contributed by atoms with Crippen LogP contribution in [0.5, 0.6) is 5.75 Å². The van der Waals surface area contributed by atoms with Gasteiger partial charge in [0.2, 0.25) is 0 Å². The highest BCUT2D eigenvalue weighted by molar-refractivity contribution is 5.78. The van der Waals surface area contributed by atoms with E-state index in [1.807, 2.05) is 0 Å². The molecule has 0 radical (unpaired) electrons. The fraction of sp³-hybridized carbons (Fsp3) is 0.385. The predicted molar refractivity (Wildman–Crippen MR) is 69.6 cm³/mol. The van der Waals surface area contributed by atoms with Gasteiger partial charge in [0, 0.05) is 19.3 Å². The number of aromatic amines is 1. The predicted octanol–water partition coefficient (Wildman–Crippen LogP) is 0.747. The van der Waals surface area contributed by atoms with Gasteiger partial charge in [-0.25, -0.2) is 4.79 Å². The summed E-state index contributed by atoms with van der Waals surface area (Å²) in [5.41, 5.74) is -0.326. The first kappa shape index (κ1) is 12.0. The van der Waals surface area contributed by atoms with Crippen molar-refractivity contribution in [1.82, 2.24) is 9.55 Å². The van der Waals surface area contributed by atoms with E-state index in [9.17, 15) is 14.7 Å². The van der Waals surface area contributed by atoms with Gasteiger partial charge < -0.3 is 14.8 Å². The number of nitrogens with one attached hydrogen (secondary N) is 1. The lowest BCUT2D eigenvalue weighted by molar-refractivity contribution is 0.0676. The molecule has 1 saturated heterocycles. The quantitative estimate of drug-likeness (QED) is 0.794. The molecular weight excluding hydrogens is 248 g/mol. The molecule has 2 heterocycles. The van der Waals surface area contributed by atoms with Crippen LogP contribution in [-0.4, -0.2) is 27.9 Å². The van der Waals surface area contributed by atoms with Gasteiger partial charge in [0.05, 0.1) is 10.9 Å². The Morgan fingerprint density at radius 3 is 2.74 bits per heavy atom. The Labute approximate surface area is 108 Å². The summed E-state index contributed by atoms with van der Waals surface area (Å²) in [6.45, 7) is 1.10. The van der Waals surface area contributed by atoms with E-state index in [2.05, 4.69) is 4.98 Å². The lowest BCUT2D eigenvalue weighted by Gasteiger charge is -2.23. The van der Waals surface area contributed by atoms with Crippen LogP contribution in [0.3, 0.4) is 0 Å². The molecule has 1 aliphatic heterocycles. The minimum atomic E-state index is -0.407. The van der Waals surface area contributed by atoms with Crippen LogP contribution in [-0.2, 0) is 4.74 Å². The van der Waals surface area contributed by atoms with Gasteiger partial charge in [0.25, 0.3) is 5.56 Å². The lowest BCUT2D eigenvalue weighted by atomic mass is 10.1. The van der Waals surface area contributed by atoms with E-state index in [0.717, 1.165) is 0 Å². The third kappa shape index (κ3) is 2.04. The average molecular weight is 262 g/mol. The molecule has 3 rings (SSSR count). The Bertz CT molecular complexity index is 725. The fourth-order valence-corrected chi connectivity index (χ4v) is 2.49. The van der Waals surface area contributed by atoms with Crippen LogP contribution in [0.25, 0.3) is 10.9 Å². The molecule has 2 N–H and O–H groups in total. The van der Waals surface area contributed by atoms with E-state index in [1.165, 1.54) is 22.8 Å². The highest BCUT2D eigenvalue weighted by Crippen LogP contribution is 2.19. The van der Waals surface area contributed by atoms with E-state index in [0.29, 0.717) is 37.0 Å². The van der Waals surface area contributed by atoms with Crippen molar-refractivity contribution in [3.05, 3.63) is 39.0 Å². The molecule has 0 saturated carbocycles. The van der Waals surface area contributed by atoms with Crippen molar-refractivity contribution in [3.63, 3.8) is 0 Å². The largest absolute Gasteiger partial charge is 0.508 e. The molecule has 0 atom stereocenters. The maximum Gasteiger partial charge on any atom is 0.329 e. The summed E-state index contributed by atoms with van der Waals surface area (Å²) in [5, 5.41) is 9.79. The van der Waals surface area contributed by atoms with Gasteiger partial charge >= 0.3 is 5.69 Å². The van der Waals surface area contributed by atoms with Crippen LogP contribution >= 0.6 is 0 Å². The molecule has 100 valence electrons. The first-order chi connectivity index (χ1) is 9.16. The average Bonchev–Trinajstić information content (AvgIpc) is 2.41. The molecule has 19 heavy (non-hydrogen) atoms. The van der Waals surface area contributed by atoms with Crippen LogP contribution in [0.15, 0.2) is 27.8 Å². The number of hydrogen-bond acceptors (Lipinski definition) is 4. The molecule has 1 aliphatic rings. The number of aromatic hydroxyl groups is 1. The summed E-state index contributed by atoms with van der Waals surface area (Å²) < 4.78 is 6.48. The minimum absolute atomic E-state index is 0.00942. The van der Waals surface area contributed by atoms with Crippen molar-refractivity contribution in [3.8, 4) is 5.75 Å². The summed E-state index contributed by atoms with van der Waals surface area (Å²) in [5.74, 6) is 0.00942. The molecule has 6 nitrogen and oxygen atoms in total. The standard InChI is InChI=1S/C13H14N2O4/c16-9-1-2-11-10(7-9)12(17)15(13(18)14-11)8-3-5-19-6-4-8/h1-2,7-8,16H,3-6H2,(H,14,18). The Kier molecular flexibility index (Phi) is 2.87. The summed E-state index contributed by atoms with van der Waals surface area (Å²) in [6, 6.07) is 4.21. The lowest BCUT2D eigenvalue weighted by Crippen LogP contribution is -2.40. The number of phenolic OH excluding ortho intramolecular Hbond substituents is 1. The van der Waals surface area contributed by atoms with E-state index < -0.39 is 5.69 Å². The molecule has 2 aromatic rings. The maximum atomic E-state index is 12.4. The molecule has 6 heteroatoms. The number of nitrogens with zero attached hydrogens (tertiary/aromatic N) is 1. The Morgan fingerprint density at radius 1 is 1.26 bits per heavy atom. The topological polar surface area (TPSA) is 84.3 Å². The Balaban J connectivity index is 2.24. The van der Waals surface area contributed by atoms with Gasteiger partial charge in [0.15, 0.2) is 0 Å². The third-order valence-electron chi connectivity index (χ3n) is 3.47. The molecule has 0 aliphatic carbocycles. The maximum absolute atomic E-state index is 12.4. The molecule has 1 fully saturated rings. The highest BCUT2D eigenvalue weighted by atomic mass is 16.5. The zero-order chi connectivity index (χ0) is 13.4. The monoisotopic (exact) mass is 262 g/mol. The number of aromatic nitrogens is 2. The minimum Gasteiger partial charge on any atom is -0.508 e. The van der Waals surface area contributed by atoms with E-state index in [-0.39, 0.29) is 17.4 Å². The fourth-order valence-electron chi connectivity index (χ4n) is 2.49. The summed E-state index contributed by atoms with van der Waals surface area (Å²) in [6.07, 6.45) is 1.29. The highest BCUT2D eigenvalue weighted by Gasteiger charge is 2.20. The smallest absolute Gasteiger partial charge is 0.329 e. The second kappa shape index (κ2) is 4.55. The number of benzene rings is 1. The number of ether oxygens (including phenoxy) is 1. The van der Waals surface area contributed by atoms with Crippen LogP contribution in [0.4, 0.5) is 0 Å². The first-order valence-electron chi connectivity index (χ1n) is 6.22. The molecule has 0 amide bonds. The SMILES string of the molecule is O=c1[nH]c2ccc(O)cc2c(=O)n1C1CCOCC1. The van der Waals surface area contributed by atoms with Crippen molar-refractivity contribution in [2.45, 2.75) is 18.9 Å². The molecule has 0 unspecified atom stereocenters. The number of phenols is 1. The number of rotatable bonds is 1. The van der Waals surface area contributed by atoms with Gasteiger partial charge in [-0.2, -0.15) is 0 Å². The van der Waals surface area contributed by atoms with Crippen molar-refractivity contribution in [1.29, 1.82) is 0 Å². The zero-order valence-electron chi connectivity index (χ0n) is 10.3. The van der Waals surface area contributed by atoms with Gasteiger partial charge in [-0.05, 0) is 31.0 Å².